The van der Waals surface area contributed by atoms with Crippen LogP contribution in [-0.4, -0.2) is 59.7 Å². The highest BCUT2D eigenvalue weighted by atomic mass is 32.2. The van der Waals surface area contributed by atoms with Gasteiger partial charge in [0, 0.05) is 36.7 Å². The monoisotopic (exact) mass is 294 g/mol. The standard InChI is InChI=1S/C14H18N2O3S/c17-14(16-4-6-18-7-5-16)11-1-3-15-13(9-11)19-12-2-8-20-10-12/h1,3,9,12H,2,4-8,10H2/t12-/m0/s1. The van der Waals surface area contributed by atoms with Crippen LogP contribution in [0.5, 0.6) is 5.88 Å². The van der Waals surface area contributed by atoms with Crippen LogP contribution in [0.15, 0.2) is 18.3 Å². The molecular formula is C14H18N2O3S. The fourth-order valence-electron chi connectivity index (χ4n) is 2.33. The minimum atomic E-state index is 0.0290. The molecule has 20 heavy (non-hydrogen) atoms. The minimum absolute atomic E-state index is 0.0290. The molecule has 0 radical (unpaired) electrons. The van der Waals surface area contributed by atoms with Gasteiger partial charge in [-0.3, -0.25) is 4.79 Å². The Morgan fingerprint density at radius 2 is 2.30 bits per heavy atom. The second-order valence-electron chi connectivity index (χ2n) is 4.89. The summed E-state index contributed by atoms with van der Waals surface area (Å²) in [6.07, 6.45) is 2.92. The van der Waals surface area contributed by atoms with Crippen LogP contribution >= 0.6 is 11.8 Å². The van der Waals surface area contributed by atoms with Crippen LogP contribution in [0.2, 0.25) is 0 Å². The van der Waals surface area contributed by atoms with Gasteiger partial charge in [0.1, 0.15) is 6.10 Å². The molecule has 5 nitrogen and oxygen atoms in total. The number of rotatable bonds is 3. The third-order valence-electron chi connectivity index (χ3n) is 3.46. The summed E-state index contributed by atoms with van der Waals surface area (Å²) in [6.45, 7) is 2.52. The van der Waals surface area contributed by atoms with Crippen molar-refractivity contribution in [2.24, 2.45) is 0 Å². The highest BCUT2D eigenvalue weighted by Crippen LogP contribution is 2.22. The van der Waals surface area contributed by atoms with Crippen molar-refractivity contribution in [3.8, 4) is 5.88 Å². The molecule has 3 rings (SSSR count). The maximum Gasteiger partial charge on any atom is 0.254 e. The van der Waals surface area contributed by atoms with E-state index in [1.165, 1.54) is 0 Å². The van der Waals surface area contributed by atoms with Gasteiger partial charge in [0.15, 0.2) is 0 Å². The van der Waals surface area contributed by atoms with Crippen molar-refractivity contribution in [2.75, 3.05) is 37.8 Å². The van der Waals surface area contributed by atoms with E-state index in [0.29, 0.717) is 37.7 Å². The second-order valence-corrected chi connectivity index (χ2v) is 6.04. The molecule has 2 aliphatic rings. The molecule has 0 bridgehead atoms. The van der Waals surface area contributed by atoms with Crippen molar-refractivity contribution >= 4 is 17.7 Å². The van der Waals surface area contributed by atoms with Gasteiger partial charge in [-0.1, -0.05) is 0 Å². The number of ether oxygens (including phenoxy) is 2. The number of carbonyl (C=O) groups is 1. The minimum Gasteiger partial charge on any atom is -0.473 e. The van der Waals surface area contributed by atoms with Crippen molar-refractivity contribution in [2.45, 2.75) is 12.5 Å². The molecule has 1 amide bonds. The average molecular weight is 294 g/mol. The number of thioether (sulfide) groups is 1. The molecule has 2 aliphatic heterocycles. The summed E-state index contributed by atoms with van der Waals surface area (Å²) >= 11 is 1.89. The Hall–Kier alpha value is -1.27. The van der Waals surface area contributed by atoms with Gasteiger partial charge in [0.2, 0.25) is 5.88 Å². The first-order chi connectivity index (χ1) is 9.83. The molecule has 0 aromatic carbocycles. The number of amides is 1. The predicted octanol–water partition coefficient (Wildman–Crippen LogP) is 1.44. The van der Waals surface area contributed by atoms with Gasteiger partial charge >= 0.3 is 0 Å². The molecule has 6 heteroatoms. The lowest BCUT2D eigenvalue weighted by molar-refractivity contribution is 0.0302. The zero-order valence-corrected chi connectivity index (χ0v) is 12.1. The molecule has 1 aromatic rings. The highest BCUT2D eigenvalue weighted by molar-refractivity contribution is 7.99. The van der Waals surface area contributed by atoms with E-state index in [1.54, 1.807) is 18.3 Å². The van der Waals surface area contributed by atoms with Gasteiger partial charge in [-0.2, -0.15) is 11.8 Å². The third-order valence-corrected chi connectivity index (χ3v) is 4.59. The predicted molar refractivity (Wildman–Crippen MR) is 77.3 cm³/mol. The quantitative estimate of drug-likeness (QED) is 0.844. The molecule has 0 aliphatic carbocycles. The van der Waals surface area contributed by atoms with Crippen LogP contribution in [0.3, 0.4) is 0 Å². The Labute approximate surface area is 122 Å². The van der Waals surface area contributed by atoms with E-state index in [9.17, 15) is 4.79 Å². The summed E-state index contributed by atoms with van der Waals surface area (Å²) in [7, 11) is 0. The third kappa shape index (κ3) is 3.24. The number of aromatic nitrogens is 1. The van der Waals surface area contributed by atoms with E-state index in [-0.39, 0.29) is 12.0 Å². The number of pyridine rings is 1. The molecule has 0 saturated carbocycles. The molecule has 1 atom stereocenters. The number of carbonyl (C=O) groups excluding carboxylic acids is 1. The SMILES string of the molecule is O=C(c1ccnc(O[C@H]2CCSC2)c1)N1CCOCC1. The van der Waals surface area contributed by atoms with Crippen LogP contribution < -0.4 is 4.74 Å². The summed E-state index contributed by atoms with van der Waals surface area (Å²) < 4.78 is 11.1. The smallest absolute Gasteiger partial charge is 0.254 e. The van der Waals surface area contributed by atoms with Crippen LogP contribution in [0.25, 0.3) is 0 Å². The van der Waals surface area contributed by atoms with Gasteiger partial charge in [-0.05, 0) is 18.2 Å². The van der Waals surface area contributed by atoms with E-state index < -0.39 is 0 Å². The Morgan fingerprint density at radius 3 is 3.05 bits per heavy atom. The lowest BCUT2D eigenvalue weighted by atomic mass is 10.2. The first kappa shape index (κ1) is 13.7. The maximum absolute atomic E-state index is 12.4. The van der Waals surface area contributed by atoms with Gasteiger partial charge in [0.05, 0.1) is 13.2 Å². The van der Waals surface area contributed by atoms with Gasteiger partial charge in [0.25, 0.3) is 5.91 Å². The second kappa shape index (κ2) is 6.45. The zero-order chi connectivity index (χ0) is 13.8. The topological polar surface area (TPSA) is 51.7 Å². The van der Waals surface area contributed by atoms with E-state index in [4.69, 9.17) is 9.47 Å². The Balaban J connectivity index is 1.67. The Morgan fingerprint density at radius 1 is 1.45 bits per heavy atom. The van der Waals surface area contributed by atoms with Crippen molar-refractivity contribution in [1.82, 2.24) is 9.88 Å². The van der Waals surface area contributed by atoms with Crippen LogP contribution in [0.4, 0.5) is 0 Å². The van der Waals surface area contributed by atoms with Crippen molar-refractivity contribution in [1.29, 1.82) is 0 Å². The fraction of sp³-hybridized carbons (Fsp3) is 0.571. The molecule has 1 aromatic heterocycles. The fourth-order valence-corrected chi connectivity index (χ4v) is 3.43. The highest BCUT2D eigenvalue weighted by Gasteiger charge is 2.21. The van der Waals surface area contributed by atoms with E-state index in [1.807, 2.05) is 16.7 Å². The molecule has 3 heterocycles. The van der Waals surface area contributed by atoms with Gasteiger partial charge in [-0.25, -0.2) is 4.98 Å². The number of hydrogen-bond acceptors (Lipinski definition) is 5. The number of hydrogen-bond donors (Lipinski definition) is 0. The van der Waals surface area contributed by atoms with E-state index >= 15 is 0 Å². The summed E-state index contributed by atoms with van der Waals surface area (Å²) in [5, 5.41) is 0. The van der Waals surface area contributed by atoms with Crippen LogP contribution in [0.1, 0.15) is 16.8 Å². The first-order valence-electron chi connectivity index (χ1n) is 6.90. The number of morpholine rings is 1. The first-order valence-corrected chi connectivity index (χ1v) is 8.06. The van der Waals surface area contributed by atoms with Gasteiger partial charge in [-0.15, -0.1) is 0 Å². The molecule has 2 saturated heterocycles. The Bertz CT molecular complexity index is 471. The molecular weight excluding hydrogens is 276 g/mol. The lowest BCUT2D eigenvalue weighted by Gasteiger charge is -2.26. The van der Waals surface area contributed by atoms with Gasteiger partial charge < -0.3 is 14.4 Å². The summed E-state index contributed by atoms with van der Waals surface area (Å²) in [6, 6.07) is 3.49. The van der Waals surface area contributed by atoms with E-state index in [2.05, 4.69) is 4.98 Å². The average Bonchev–Trinajstić information content (AvgIpc) is 3.01. The van der Waals surface area contributed by atoms with Crippen molar-refractivity contribution in [3.05, 3.63) is 23.9 Å². The molecule has 108 valence electrons. The van der Waals surface area contributed by atoms with Crippen LogP contribution in [0, 0.1) is 0 Å². The molecule has 0 unspecified atom stereocenters. The summed E-state index contributed by atoms with van der Waals surface area (Å²) in [4.78, 5) is 18.4. The van der Waals surface area contributed by atoms with Crippen LogP contribution in [-0.2, 0) is 4.74 Å². The molecule has 2 fully saturated rings. The summed E-state index contributed by atoms with van der Waals surface area (Å²) in [5.74, 6) is 2.72. The summed E-state index contributed by atoms with van der Waals surface area (Å²) in [5.41, 5.74) is 0.641. The number of nitrogens with zero attached hydrogens (tertiary/aromatic N) is 2. The molecule has 0 spiro atoms. The normalized spacial score (nSPS) is 22.8. The molecule has 0 N–H and O–H groups in total. The van der Waals surface area contributed by atoms with E-state index in [0.717, 1.165) is 17.9 Å². The van der Waals surface area contributed by atoms with Crippen molar-refractivity contribution in [3.63, 3.8) is 0 Å². The largest absolute Gasteiger partial charge is 0.473 e. The Kier molecular flexibility index (Phi) is 4.42. The maximum atomic E-state index is 12.4. The zero-order valence-electron chi connectivity index (χ0n) is 11.3. The lowest BCUT2D eigenvalue weighted by Crippen LogP contribution is -2.40. The van der Waals surface area contributed by atoms with Crippen molar-refractivity contribution < 1.29 is 14.3 Å².